The molecule has 1 rings (SSSR count). The van der Waals surface area contributed by atoms with E-state index in [9.17, 15) is 10.1 Å². The third-order valence-corrected chi connectivity index (χ3v) is 2.37. The van der Waals surface area contributed by atoms with Gasteiger partial charge in [-0.05, 0) is 24.1 Å². The molecule has 0 aliphatic rings. The van der Waals surface area contributed by atoms with Crippen molar-refractivity contribution in [2.75, 3.05) is 16.2 Å². The maximum Gasteiger partial charge on any atom is 0.293 e. The van der Waals surface area contributed by atoms with Gasteiger partial charge in [-0.25, -0.2) is 0 Å². The summed E-state index contributed by atoms with van der Waals surface area (Å²) >= 11 is 1.32. The van der Waals surface area contributed by atoms with Crippen molar-refractivity contribution < 1.29 is 4.92 Å². The summed E-state index contributed by atoms with van der Waals surface area (Å²) in [6, 6.07) is 4.42. The Morgan fingerprint density at radius 1 is 1.67 bits per heavy atom. The molecule has 0 aliphatic heterocycles. The van der Waals surface area contributed by atoms with E-state index in [1.165, 1.54) is 30.1 Å². The number of benzene rings is 1. The summed E-state index contributed by atoms with van der Waals surface area (Å²) < 4.78 is 2.86. The van der Waals surface area contributed by atoms with Crippen LogP contribution in [-0.2, 0) is 0 Å². The monoisotopic (exact) mass is 225 g/mol. The molecule has 0 amide bonds. The Labute approximate surface area is 91.6 Å². The van der Waals surface area contributed by atoms with Crippen LogP contribution in [0.2, 0.25) is 0 Å². The Morgan fingerprint density at radius 2 is 2.40 bits per heavy atom. The minimum absolute atomic E-state index is 0.0146. The highest BCUT2D eigenvalue weighted by Crippen LogP contribution is 2.28. The van der Waals surface area contributed by atoms with Crippen molar-refractivity contribution in [3.8, 4) is 0 Å². The summed E-state index contributed by atoms with van der Waals surface area (Å²) in [4.78, 5) is 10.2. The highest BCUT2D eigenvalue weighted by atomic mass is 32.2. The smallest absolute Gasteiger partial charge is 0.293 e. The third-order valence-electron chi connectivity index (χ3n) is 1.60. The molecule has 0 saturated heterocycles. The molecule has 0 radical (unpaired) electrons. The molecule has 0 spiro atoms. The van der Waals surface area contributed by atoms with E-state index in [2.05, 4.69) is 11.3 Å². The Kier molecular flexibility index (Phi) is 3.99. The van der Waals surface area contributed by atoms with Crippen molar-refractivity contribution in [1.29, 1.82) is 0 Å². The third kappa shape index (κ3) is 3.17. The van der Waals surface area contributed by atoms with Gasteiger partial charge >= 0.3 is 0 Å². The fourth-order valence-electron chi connectivity index (χ4n) is 0.973. The Hall–Kier alpha value is -1.69. The van der Waals surface area contributed by atoms with Crippen LogP contribution in [-0.4, -0.2) is 10.7 Å². The van der Waals surface area contributed by atoms with Crippen molar-refractivity contribution in [1.82, 2.24) is 0 Å². The summed E-state index contributed by atoms with van der Waals surface area (Å²) in [7, 11) is 0. The molecule has 0 bridgehead atoms. The summed E-state index contributed by atoms with van der Waals surface area (Å²) in [6.07, 6.45) is 1.70. The molecule has 0 aromatic heterocycles. The van der Waals surface area contributed by atoms with Gasteiger partial charge in [0.25, 0.3) is 5.69 Å². The molecule has 5 nitrogen and oxygen atoms in total. The van der Waals surface area contributed by atoms with Crippen molar-refractivity contribution in [3.05, 3.63) is 41.0 Å². The molecular weight excluding hydrogens is 214 g/mol. The molecule has 1 aromatic rings. The topological polar surface area (TPSA) is 81.2 Å². The predicted molar refractivity (Wildman–Crippen MR) is 63.8 cm³/mol. The highest BCUT2D eigenvalue weighted by Gasteiger charge is 2.12. The van der Waals surface area contributed by atoms with Gasteiger partial charge in [0, 0.05) is 17.5 Å². The Bertz CT molecular complexity index is 382. The fraction of sp³-hybridized carbons (Fsp3) is 0.111. The van der Waals surface area contributed by atoms with E-state index >= 15 is 0 Å². The zero-order valence-corrected chi connectivity index (χ0v) is 8.79. The molecular formula is C9H11N3O2S. The van der Waals surface area contributed by atoms with Crippen molar-refractivity contribution in [2.24, 2.45) is 0 Å². The van der Waals surface area contributed by atoms with Crippen LogP contribution >= 0.6 is 11.9 Å². The minimum Gasteiger partial charge on any atom is -0.399 e. The summed E-state index contributed by atoms with van der Waals surface area (Å²) in [5, 5.41) is 10.7. The SMILES string of the molecule is C=CCSNc1cc(N)ccc1[N+](=O)[O-]. The second kappa shape index (κ2) is 5.26. The lowest BCUT2D eigenvalue weighted by molar-refractivity contribution is -0.383. The van der Waals surface area contributed by atoms with Crippen molar-refractivity contribution in [3.63, 3.8) is 0 Å². The first-order valence-electron chi connectivity index (χ1n) is 4.17. The van der Waals surface area contributed by atoms with E-state index in [1.54, 1.807) is 6.08 Å². The quantitative estimate of drug-likeness (QED) is 0.201. The molecule has 0 saturated carbocycles. The van der Waals surface area contributed by atoms with Gasteiger partial charge in [-0.3, -0.25) is 10.1 Å². The first kappa shape index (κ1) is 11.4. The van der Waals surface area contributed by atoms with Crippen LogP contribution in [0.1, 0.15) is 0 Å². The summed E-state index contributed by atoms with van der Waals surface area (Å²) in [5.74, 6) is 0.659. The van der Waals surface area contributed by atoms with E-state index in [0.29, 0.717) is 17.1 Å². The number of anilines is 2. The predicted octanol–water partition coefficient (Wildman–Crippen LogP) is 2.42. The summed E-state index contributed by atoms with van der Waals surface area (Å²) in [5.41, 5.74) is 6.45. The van der Waals surface area contributed by atoms with Crippen LogP contribution in [0.25, 0.3) is 0 Å². The van der Waals surface area contributed by atoms with Gasteiger partial charge in [0.1, 0.15) is 5.69 Å². The second-order valence-electron chi connectivity index (χ2n) is 2.74. The van der Waals surface area contributed by atoms with Crippen molar-refractivity contribution in [2.45, 2.75) is 0 Å². The van der Waals surface area contributed by atoms with Crippen LogP contribution in [0.4, 0.5) is 17.1 Å². The standard InChI is InChI=1S/C9H11N3O2S/c1-2-5-15-11-8-6-7(10)3-4-9(8)12(13)14/h2-4,6,11H,1,5,10H2. The lowest BCUT2D eigenvalue weighted by Crippen LogP contribution is -1.97. The first-order chi connectivity index (χ1) is 7.15. The van der Waals surface area contributed by atoms with E-state index in [4.69, 9.17) is 5.73 Å². The highest BCUT2D eigenvalue weighted by molar-refractivity contribution is 8.00. The van der Waals surface area contributed by atoms with E-state index in [1.807, 2.05) is 0 Å². The van der Waals surface area contributed by atoms with Gasteiger partial charge in [0.05, 0.1) is 4.92 Å². The molecule has 15 heavy (non-hydrogen) atoms. The van der Waals surface area contributed by atoms with Crippen LogP contribution in [0.5, 0.6) is 0 Å². The molecule has 6 heteroatoms. The molecule has 80 valence electrons. The molecule has 0 fully saturated rings. The average molecular weight is 225 g/mol. The normalized spacial score (nSPS) is 9.60. The number of rotatable bonds is 5. The zero-order chi connectivity index (χ0) is 11.3. The first-order valence-corrected chi connectivity index (χ1v) is 5.16. The van der Waals surface area contributed by atoms with E-state index in [0.717, 1.165) is 0 Å². The van der Waals surface area contributed by atoms with Gasteiger partial charge in [-0.15, -0.1) is 6.58 Å². The van der Waals surface area contributed by atoms with Gasteiger partial charge in [-0.1, -0.05) is 6.08 Å². The van der Waals surface area contributed by atoms with Gasteiger partial charge in [0.2, 0.25) is 0 Å². The molecule has 0 aliphatic carbocycles. The van der Waals surface area contributed by atoms with Crippen LogP contribution < -0.4 is 10.5 Å². The maximum absolute atomic E-state index is 10.7. The molecule has 3 N–H and O–H groups in total. The maximum atomic E-state index is 10.7. The average Bonchev–Trinajstić information content (AvgIpc) is 2.18. The van der Waals surface area contributed by atoms with Crippen LogP contribution in [0, 0.1) is 10.1 Å². The number of nitro groups is 1. The van der Waals surface area contributed by atoms with Crippen LogP contribution in [0.3, 0.4) is 0 Å². The van der Waals surface area contributed by atoms with Gasteiger partial charge < -0.3 is 10.5 Å². The fourth-order valence-corrected chi connectivity index (χ4v) is 1.49. The molecule has 1 aromatic carbocycles. The number of nitro benzene ring substituents is 1. The summed E-state index contributed by atoms with van der Waals surface area (Å²) in [6.45, 7) is 3.55. The lowest BCUT2D eigenvalue weighted by Gasteiger charge is -2.05. The van der Waals surface area contributed by atoms with Gasteiger partial charge in [-0.2, -0.15) is 0 Å². The Balaban J connectivity index is 2.86. The largest absolute Gasteiger partial charge is 0.399 e. The molecule has 0 atom stereocenters. The van der Waals surface area contributed by atoms with E-state index < -0.39 is 4.92 Å². The second-order valence-corrected chi connectivity index (χ2v) is 3.56. The van der Waals surface area contributed by atoms with Crippen molar-refractivity contribution >= 4 is 29.0 Å². The van der Waals surface area contributed by atoms with Gasteiger partial charge in [0.15, 0.2) is 0 Å². The molecule has 0 unspecified atom stereocenters. The van der Waals surface area contributed by atoms with E-state index in [-0.39, 0.29) is 5.69 Å². The Morgan fingerprint density at radius 3 is 3.00 bits per heavy atom. The van der Waals surface area contributed by atoms with Crippen LogP contribution in [0.15, 0.2) is 30.9 Å². The lowest BCUT2D eigenvalue weighted by atomic mass is 10.2. The number of hydrogen-bond donors (Lipinski definition) is 2. The number of nitrogens with one attached hydrogen (secondary N) is 1. The minimum atomic E-state index is -0.448. The number of hydrogen-bond acceptors (Lipinski definition) is 5. The zero-order valence-electron chi connectivity index (χ0n) is 7.97. The number of nitrogen functional groups attached to an aromatic ring is 1. The number of nitrogens with zero attached hydrogens (tertiary/aromatic N) is 1. The number of nitrogens with two attached hydrogens (primary N) is 1. The molecule has 0 heterocycles.